The van der Waals surface area contributed by atoms with Gasteiger partial charge in [0.25, 0.3) is 0 Å². The quantitative estimate of drug-likeness (QED) is 0.817. The van der Waals surface area contributed by atoms with Crippen LogP contribution < -0.4 is 16.4 Å². The van der Waals surface area contributed by atoms with E-state index in [9.17, 15) is 4.79 Å². The molecule has 4 nitrogen and oxygen atoms in total. The molecule has 0 unspecified atom stereocenters. The lowest BCUT2D eigenvalue weighted by Gasteiger charge is -2.33. The molecule has 4 N–H and O–H groups in total. The van der Waals surface area contributed by atoms with Crippen molar-refractivity contribution >= 4 is 33.2 Å². The third-order valence-corrected chi connectivity index (χ3v) is 3.84. The summed E-state index contributed by atoms with van der Waals surface area (Å²) in [6, 6.07) is 5.79. The second-order valence-corrected chi connectivity index (χ2v) is 5.23. The Balaban J connectivity index is 2.08. The monoisotopic (exact) mass is 297 g/mol. The zero-order valence-electron chi connectivity index (χ0n) is 9.53. The maximum Gasteiger partial charge on any atom is 0.220 e. The molecule has 0 spiro atoms. The number of nitrogens with zero attached hydrogens (tertiary/aromatic N) is 1. The minimum absolute atomic E-state index is 0.0267. The lowest BCUT2D eigenvalue weighted by atomic mass is 9.96. The van der Waals surface area contributed by atoms with Gasteiger partial charge in [-0.05, 0) is 47.0 Å². The SMILES string of the molecule is NC(=O)C1CCN(c2ccc(N)cc2Br)CC1. The molecule has 1 aliphatic heterocycles. The summed E-state index contributed by atoms with van der Waals surface area (Å²) in [4.78, 5) is 13.3. The summed E-state index contributed by atoms with van der Waals surface area (Å²) in [5.74, 6) is -0.153. The van der Waals surface area contributed by atoms with E-state index < -0.39 is 0 Å². The van der Waals surface area contributed by atoms with Crippen molar-refractivity contribution in [1.29, 1.82) is 0 Å². The number of piperidine rings is 1. The van der Waals surface area contributed by atoms with Crippen LogP contribution in [-0.4, -0.2) is 19.0 Å². The highest BCUT2D eigenvalue weighted by Crippen LogP contribution is 2.31. The van der Waals surface area contributed by atoms with Crippen LogP contribution >= 0.6 is 15.9 Å². The van der Waals surface area contributed by atoms with Gasteiger partial charge in [0.15, 0.2) is 0 Å². The minimum atomic E-state index is -0.180. The molecular weight excluding hydrogens is 282 g/mol. The Morgan fingerprint density at radius 2 is 2.00 bits per heavy atom. The summed E-state index contributed by atoms with van der Waals surface area (Å²) >= 11 is 3.51. The van der Waals surface area contributed by atoms with Crippen molar-refractivity contribution in [2.24, 2.45) is 11.7 Å². The maximum atomic E-state index is 11.1. The molecule has 1 heterocycles. The third-order valence-electron chi connectivity index (χ3n) is 3.21. The van der Waals surface area contributed by atoms with Crippen molar-refractivity contribution < 1.29 is 4.79 Å². The first-order chi connectivity index (χ1) is 8.08. The molecule has 0 aromatic heterocycles. The van der Waals surface area contributed by atoms with Crippen LogP contribution in [0.2, 0.25) is 0 Å². The highest BCUT2D eigenvalue weighted by molar-refractivity contribution is 9.10. The number of nitrogens with two attached hydrogens (primary N) is 2. The number of hydrogen-bond donors (Lipinski definition) is 2. The third kappa shape index (κ3) is 2.72. The first kappa shape index (κ1) is 12.2. The average Bonchev–Trinajstić information content (AvgIpc) is 2.29. The Bertz CT molecular complexity index is 428. The molecule has 0 atom stereocenters. The predicted octanol–water partition coefficient (Wildman–Crippen LogP) is 1.73. The van der Waals surface area contributed by atoms with Gasteiger partial charge in [-0.1, -0.05) is 0 Å². The summed E-state index contributed by atoms with van der Waals surface area (Å²) in [6.07, 6.45) is 1.65. The van der Waals surface area contributed by atoms with E-state index in [-0.39, 0.29) is 11.8 Å². The van der Waals surface area contributed by atoms with Crippen molar-refractivity contribution in [3.8, 4) is 0 Å². The first-order valence-corrected chi connectivity index (χ1v) is 6.46. The van der Waals surface area contributed by atoms with Crippen molar-refractivity contribution in [2.45, 2.75) is 12.8 Å². The largest absolute Gasteiger partial charge is 0.399 e. The summed E-state index contributed by atoms with van der Waals surface area (Å²) in [5, 5.41) is 0. The van der Waals surface area contributed by atoms with Gasteiger partial charge in [-0.2, -0.15) is 0 Å². The highest BCUT2D eigenvalue weighted by atomic mass is 79.9. The maximum absolute atomic E-state index is 11.1. The van der Waals surface area contributed by atoms with Crippen LogP contribution in [0.4, 0.5) is 11.4 Å². The van der Waals surface area contributed by atoms with Crippen LogP contribution in [0.5, 0.6) is 0 Å². The van der Waals surface area contributed by atoms with E-state index in [0.717, 1.165) is 41.8 Å². The van der Waals surface area contributed by atoms with E-state index in [1.807, 2.05) is 18.2 Å². The molecule has 92 valence electrons. The number of carbonyl (C=O) groups excluding carboxylic acids is 1. The normalized spacial score (nSPS) is 17.1. The van der Waals surface area contributed by atoms with E-state index in [4.69, 9.17) is 11.5 Å². The number of primary amides is 1. The topological polar surface area (TPSA) is 72.4 Å². The lowest BCUT2D eigenvalue weighted by Crippen LogP contribution is -2.38. The summed E-state index contributed by atoms with van der Waals surface area (Å²) in [7, 11) is 0. The Morgan fingerprint density at radius 3 is 2.53 bits per heavy atom. The Labute approximate surface area is 109 Å². The van der Waals surface area contributed by atoms with E-state index in [1.165, 1.54) is 0 Å². The average molecular weight is 298 g/mol. The van der Waals surface area contributed by atoms with E-state index in [1.54, 1.807) is 0 Å². The fourth-order valence-corrected chi connectivity index (χ4v) is 2.83. The Kier molecular flexibility index (Phi) is 3.57. The van der Waals surface area contributed by atoms with Crippen molar-refractivity contribution in [2.75, 3.05) is 23.7 Å². The van der Waals surface area contributed by atoms with Gasteiger partial charge in [0, 0.05) is 29.2 Å². The van der Waals surface area contributed by atoms with Crippen LogP contribution in [-0.2, 0) is 4.79 Å². The van der Waals surface area contributed by atoms with Crippen molar-refractivity contribution in [3.63, 3.8) is 0 Å². The van der Waals surface area contributed by atoms with Gasteiger partial charge < -0.3 is 16.4 Å². The number of carbonyl (C=O) groups is 1. The molecule has 1 saturated heterocycles. The number of halogens is 1. The molecule has 0 bridgehead atoms. The molecular formula is C12H16BrN3O. The molecule has 1 aromatic rings. The fraction of sp³-hybridized carbons (Fsp3) is 0.417. The number of nitrogen functional groups attached to an aromatic ring is 1. The van der Waals surface area contributed by atoms with Gasteiger partial charge >= 0.3 is 0 Å². The lowest BCUT2D eigenvalue weighted by molar-refractivity contribution is -0.122. The molecule has 1 fully saturated rings. The van der Waals surface area contributed by atoms with Gasteiger partial charge in [0.1, 0.15) is 0 Å². The van der Waals surface area contributed by atoms with Crippen molar-refractivity contribution in [3.05, 3.63) is 22.7 Å². The zero-order valence-corrected chi connectivity index (χ0v) is 11.1. The van der Waals surface area contributed by atoms with Crippen LogP contribution in [0.15, 0.2) is 22.7 Å². The number of benzene rings is 1. The van der Waals surface area contributed by atoms with Gasteiger partial charge in [-0.3, -0.25) is 4.79 Å². The van der Waals surface area contributed by atoms with Gasteiger partial charge in [0.05, 0.1) is 5.69 Å². The van der Waals surface area contributed by atoms with E-state index in [2.05, 4.69) is 20.8 Å². The van der Waals surface area contributed by atoms with Gasteiger partial charge in [-0.25, -0.2) is 0 Å². The molecule has 1 aromatic carbocycles. The summed E-state index contributed by atoms with van der Waals surface area (Å²) < 4.78 is 0.995. The van der Waals surface area contributed by atoms with E-state index >= 15 is 0 Å². The molecule has 1 amide bonds. The van der Waals surface area contributed by atoms with Crippen LogP contribution in [0.3, 0.4) is 0 Å². The summed E-state index contributed by atoms with van der Waals surface area (Å²) in [6.45, 7) is 1.71. The molecule has 17 heavy (non-hydrogen) atoms. The number of anilines is 2. The second-order valence-electron chi connectivity index (χ2n) is 4.37. The summed E-state index contributed by atoms with van der Waals surface area (Å²) in [5.41, 5.74) is 12.9. The van der Waals surface area contributed by atoms with Crippen LogP contribution in [0.1, 0.15) is 12.8 Å². The Morgan fingerprint density at radius 1 is 1.35 bits per heavy atom. The fourth-order valence-electron chi connectivity index (χ4n) is 2.18. The molecule has 2 rings (SSSR count). The minimum Gasteiger partial charge on any atom is -0.399 e. The second kappa shape index (κ2) is 4.96. The zero-order chi connectivity index (χ0) is 12.4. The molecule has 1 aliphatic rings. The predicted molar refractivity (Wildman–Crippen MR) is 72.7 cm³/mol. The Hall–Kier alpha value is -1.23. The molecule has 5 heteroatoms. The first-order valence-electron chi connectivity index (χ1n) is 5.67. The van der Waals surface area contributed by atoms with Crippen LogP contribution in [0, 0.1) is 5.92 Å². The smallest absolute Gasteiger partial charge is 0.220 e. The van der Waals surface area contributed by atoms with Crippen molar-refractivity contribution in [1.82, 2.24) is 0 Å². The number of amides is 1. The van der Waals surface area contributed by atoms with Gasteiger partial charge in [-0.15, -0.1) is 0 Å². The number of hydrogen-bond acceptors (Lipinski definition) is 3. The molecule has 0 saturated carbocycles. The van der Waals surface area contributed by atoms with Crippen LogP contribution in [0.25, 0.3) is 0 Å². The standard InChI is InChI=1S/C12H16BrN3O/c13-10-7-9(14)1-2-11(10)16-5-3-8(4-6-16)12(15)17/h1-2,7-8H,3-6,14H2,(H2,15,17). The van der Waals surface area contributed by atoms with E-state index in [0.29, 0.717) is 0 Å². The highest BCUT2D eigenvalue weighted by Gasteiger charge is 2.23. The molecule has 0 aliphatic carbocycles. The number of rotatable bonds is 2. The molecule has 0 radical (unpaired) electrons. The van der Waals surface area contributed by atoms with Gasteiger partial charge in [0.2, 0.25) is 5.91 Å².